The van der Waals surface area contributed by atoms with Gasteiger partial charge in [-0.2, -0.15) is 0 Å². The SMILES string of the molecule is O=C(NCCNS(=O)(=O)CC1CCCCC1)c1ccccc1. The molecule has 0 saturated heterocycles. The van der Waals surface area contributed by atoms with Crippen LogP contribution in [-0.2, 0) is 10.0 Å². The minimum atomic E-state index is -3.25. The number of hydrogen-bond acceptors (Lipinski definition) is 3. The third-order valence-corrected chi connectivity index (χ3v) is 5.50. The van der Waals surface area contributed by atoms with Crippen molar-refractivity contribution in [2.45, 2.75) is 32.1 Å². The quantitative estimate of drug-likeness (QED) is 0.752. The van der Waals surface area contributed by atoms with Crippen LogP contribution in [0.25, 0.3) is 0 Å². The van der Waals surface area contributed by atoms with Gasteiger partial charge < -0.3 is 5.32 Å². The standard InChI is InChI=1S/C16H24N2O3S/c19-16(15-9-5-2-6-10-15)17-11-12-18-22(20,21)13-14-7-3-1-4-8-14/h2,5-6,9-10,14,18H,1,3-4,7-8,11-13H2,(H,17,19). The van der Waals surface area contributed by atoms with E-state index in [0.29, 0.717) is 5.56 Å². The smallest absolute Gasteiger partial charge is 0.251 e. The highest BCUT2D eigenvalue weighted by Crippen LogP contribution is 2.24. The molecule has 122 valence electrons. The number of rotatable bonds is 7. The van der Waals surface area contributed by atoms with E-state index >= 15 is 0 Å². The molecule has 0 atom stereocenters. The zero-order valence-corrected chi connectivity index (χ0v) is 13.6. The molecule has 0 aliphatic heterocycles. The van der Waals surface area contributed by atoms with E-state index < -0.39 is 10.0 Å². The molecule has 0 spiro atoms. The van der Waals surface area contributed by atoms with Crippen LogP contribution in [0.4, 0.5) is 0 Å². The lowest BCUT2D eigenvalue weighted by atomic mass is 9.91. The average Bonchev–Trinajstić information content (AvgIpc) is 2.53. The summed E-state index contributed by atoms with van der Waals surface area (Å²) >= 11 is 0. The minimum absolute atomic E-state index is 0.188. The Kier molecular flexibility index (Phi) is 6.39. The molecule has 1 aliphatic carbocycles. The van der Waals surface area contributed by atoms with Crippen LogP contribution in [0.1, 0.15) is 42.5 Å². The Labute approximate surface area is 132 Å². The van der Waals surface area contributed by atoms with Crippen LogP contribution in [0.15, 0.2) is 30.3 Å². The first-order valence-electron chi connectivity index (χ1n) is 7.87. The van der Waals surface area contributed by atoms with Gasteiger partial charge in [0.15, 0.2) is 0 Å². The number of hydrogen-bond donors (Lipinski definition) is 2. The maximum Gasteiger partial charge on any atom is 0.251 e. The largest absolute Gasteiger partial charge is 0.351 e. The van der Waals surface area contributed by atoms with Crippen LogP contribution in [-0.4, -0.2) is 33.2 Å². The predicted molar refractivity (Wildman–Crippen MR) is 87.1 cm³/mol. The first kappa shape index (κ1) is 17.0. The molecular weight excluding hydrogens is 300 g/mol. The van der Waals surface area contributed by atoms with Crippen LogP contribution >= 0.6 is 0 Å². The van der Waals surface area contributed by atoms with Gasteiger partial charge in [0.25, 0.3) is 5.91 Å². The summed E-state index contributed by atoms with van der Waals surface area (Å²) in [5, 5.41) is 2.71. The number of carbonyl (C=O) groups excluding carboxylic acids is 1. The fourth-order valence-corrected chi connectivity index (χ4v) is 4.28. The summed E-state index contributed by atoms with van der Waals surface area (Å²) in [5.41, 5.74) is 0.576. The topological polar surface area (TPSA) is 75.3 Å². The number of nitrogens with one attached hydrogen (secondary N) is 2. The van der Waals surface area contributed by atoms with Gasteiger partial charge in [0.1, 0.15) is 0 Å². The van der Waals surface area contributed by atoms with Crippen molar-refractivity contribution >= 4 is 15.9 Å². The monoisotopic (exact) mass is 324 g/mol. The van der Waals surface area contributed by atoms with Gasteiger partial charge in [-0.05, 0) is 30.9 Å². The van der Waals surface area contributed by atoms with Gasteiger partial charge >= 0.3 is 0 Å². The molecule has 2 rings (SSSR count). The van der Waals surface area contributed by atoms with Crippen molar-refractivity contribution in [2.75, 3.05) is 18.8 Å². The van der Waals surface area contributed by atoms with Gasteiger partial charge in [-0.25, -0.2) is 13.1 Å². The number of sulfonamides is 1. The summed E-state index contributed by atoms with van der Waals surface area (Å²) in [5.74, 6) is 0.303. The van der Waals surface area contributed by atoms with Gasteiger partial charge in [0.2, 0.25) is 10.0 Å². The summed E-state index contributed by atoms with van der Waals surface area (Å²) in [6.45, 7) is 0.519. The lowest BCUT2D eigenvalue weighted by molar-refractivity contribution is 0.0954. The zero-order chi connectivity index (χ0) is 15.8. The lowest BCUT2D eigenvalue weighted by Crippen LogP contribution is -2.37. The molecule has 0 unspecified atom stereocenters. The first-order chi connectivity index (χ1) is 10.6. The van der Waals surface area contributed by atoms with E-state index in [0.717, 1.165) is 25.7 Å². The van der Waals surface area contributed by atoms with Gasteiger partial charge in [0.05, 0.1) is 5.75 Å². The van der Waals surface area contributed by atoms with Crippen LogP contribution in [0.3, 0.4) is 0 Å². The highest BCUT2D eigenvalue weighted by molar-refractivity contribution is 7.89. The van der Waals surface area contributed by atoms with Crippen molar-refractivity contribution in [3.05, 3.63) is 35.9 Å². The van der Waals surface area contributed by atoms with E-state index in [-0.39, 0.29) is 30.7 Å². The maximum atomic E-state index is 12.0. The van der Waals surface area contributed by atoms with E-state index in [9.17, 15) is 13.2 Å². The number of amides is 1. The predicted octanol–water partition coefficient (Wildman–Crippen LogP) is 1.92. The van der Waals surface area contributed by atoms with Crippen molar-refractivity contribution < 1.29 is 13.2 Å². The highest BCUT2D eigenvalue weighted by Gasteiger charge is 2.20. The van der Waals surface area contributed by atoms with E-state index in [1.807, 2.05) is 6.07 Å². The molecule has 6 heteroatoms. The molecule has 0 bridgehead atoms. The van der Waals surface area contributed by atoms with E-state index in [2.05, 4.69) is 10.0 Å². The Morgan fingerprint density at radius 1 is 1.05 bits per heavy atom. The molecule has 1 fully saturated rings. The summed E-state index contributed by atoms with van der Waals surface area (Å²) in [6.07, 6.45) is 5.49. The summed E-state index contributed by atoms with van der Waals surface area (Å²) < 4.78 is 26.5. The average molecular weight is 324 g/mol. The van der Waals surface area contributed by atoms with Gasteiger partial charge in [-0.1, -0.05) is 37.5 Å². The Balaban J connectivity index is 1.68. The molecule has 22 heavy (non-hydrogen) atoms. The molecule has 0 heterocycles. The Morgan fingerprint density at radius 3 is 2.41 bits per heavy atom. The van der Waals surface area contributed by atoms with Crippen LogP contribution in [0, 0.1) is 5.92 Å². The summed E-state index contributed by atoms with van der Waals surface area (Å²) in [7, 11) is -3.25. The number of benzene rings is 1. The second-order valence-corrected chi connectivity index (χ2v) is 7.65. The third-order valence-electron chi connectivity index (χ3n) is 3.95. The first-order valence-corrected chi connectivity index (χ1v) is 9.53. The molecule has 0 radical (unpaired) electrons. The van der Waals surface area contributed by atoms with Crippen molar-refractivity contribution in [2.24, 2.45) is 5.92 Å². The molecule has 1 aliphatic rings. The van der Waals surface area contributed by atoms with Crippen LogP contribution in [0.5, 0.6) is 0 Å². The minimum Gasteiger partial charge on any atom is -0.351 e. The van der Waals surface area contributed by atoms with Crippen molar-refractivity contribution in [1.29, 1.82) is 0 Å². The lowest BCUT2D eigenvalue weighted by Gasteiger charge is -2.21. The van der Waals surface area contributed by atoms with E-state index in [1.54, 1.807) is 24.3 Å². The number of carbonyl (C=O) groups is 1. The van der Waals surface area contributed by atoms with Crippen LogP contribution in [0.2, 0.25) is 0 Å². The third kappa shape index (κ3) is 5.77. The molecule has 0 aromatic heterocycles. The Bertz CT molecular complexity index is 566. The normalized spacial score (nSPS) is 16.4. The summed E-state index contributed by atoms with van der Waals surface area (Å²) in [4.78, 5) is 11.8. The second kappa shape index (κ2) is 8.29. The fourth-order valence-electron chi connectivity index (χ4n) is 2.80. The molecule has 1 saturated carbocycles. The molecule has 1 aromatic carbocycles. The molecule has 1 aromatic rings. The van der Waals surface area contributed by atoms with E-state index in [1.165, 1.54) is 6.42 Å². The van der Waals surface area contributed by atoms with Crippen LogP contribution < -0.4 is 10.0 Å². The van der Waals surface area contributed by atoms with Gasteiger partial charge in [-0.3, -0.25) is 4.79 Å². The van der Waals surface area contributed by atoms with Crippen molar-refractivity contribution in [3.8, 4) is 0 Å². The van der Waals surface area contributed by atoms with E-state index in [4.69, 9.17) is 0 Å². The summed E-state index contributed by atoms with van der Waals surface area (Å²) in [6, 6.07) is 8.88. The second-order valence-electron chi connectivity index (χ2n) is 5.80. The van der Waals surface area contributed by atoms with Gasteiger partial charge in [-0.15, -0.1) is 0 Å². The highest BCUT2D eigenvalue weighted by atomic mass is 32.2. The van der Waals surface area contributed by atoms with Crippen molar-refractivity contribution in [1.82, 2.24) is 10.0 Å². The zero-order valence-electron chi connectivity index (χ0n) is 12.8. The van der Waals surface area contributed by atoms with Gasteiger partial charge in [0, 0.05) is 18.7 Å². The Morgan fingerprint density at radius 2 is 1.73 bits per heavy atom. The molecule has 5 nitrogen and oxygen atoms in total. The fraction of sp³-hybridized carbons (Fsp3) is 0.562. The molecular formula is C16H24N2O3S. The molecule has 2 N–H and O–H groups in total. The van der Waals surface area contributed by atoms with Crippen molar-refractivity contribution in [3.63, 3.8) is 0 Å². The molecule has 1 amide bonds. The Hall–Kier alpha value is -1.40. The maximum absolute atomic E-state index is 12.0.